The molecule has 1 aliphatic rings. The number of carbonyl (C=O) groups is 2. The Hall–Kier alpha value is -3.06. The van der Waals surface area contributed by atoms with Gasteiger partial charge in [0, 0.05) is 5.56 Å². The lowest BCUT2D eigenvalue weighted by atomic mass is 10.2. The minimum atomic E-state index is -0.995. The zero-order valence-corrected chi connectivity index (χ0v) is 15.6. The van der Waals surface area contributed by atoms with Crippen LogP contribution in [-0.2, 0) is 4.79 Å². The Labute approximate surface area is 161 Å². The fourth-order valence-electron chi connectivity index (χ4n) is 2.38. The van der Waals surface area contributed by atoms with Gasteiger partial charge in [0.05, 0.1) is 22.3 Å². The monoisotopic (exact) mass is 382 g/mol. The quantitative estimate of drug-likeness (QED) is 0.761. The molecule has 138 valence electrons. The first-order valence-corrected chi connectivity index (χ1v) is 9.12. The lowest BCUT2D eigenvalue weighted by Gasteiger charge is -2.12. The van der Waals surface area contributed by atoms with Crippen LogP contribution >= 0.6 is 11.8 Å². The number of carboxylic acid groups (broad SMARTS) is 1. The average molecular weight is 382 g/mol. The van der Waals surface area contributed by atoms with Gasteiger partial charge in [-0.05, 0) is 62.0 Å². The molecule has 2 N–H and O–H groups in total. The molecule has 0 aliphatic carbocycles. The van der Waals surface area contributed by atoms with Crippen molar-refractivity contribution in [3.63, 3.8) is 0 Å². The Bertz CT molecular complexity index is 933. The number of ether oxygens (including phenoxy) is 1. The summed E-state index contributed by atoms with van der Waals surface area (Å²) in [6.45, 7) is 3.89. The summed E-state index contributed by atoms with van der Waals surface area (Å²) >= 11 is 1.23. The number of amidine groups is 1. The fourth-order valence-corrected chi connectivity index (χ4v) is 3.21. The van der Waals surface area contributed by atoms with E-state index < -0.39 is 5.97 Å². The van der Waals surface area contributed by atoms with Crippen molar-refractivity contribution in [2.75, 3.05) is 0 Å². The van der Waals surface area contributed by atoms with Crippen LogP contribution in [0.5, 0.6) is 5.75 Å². The molecule has 1 amide bonds. The first kappa shape index (κ1) is 18.7. The molecule has 2 aromatic carbocycles. The average Bonchev–Trinajstić information content (AvgIpc) is 2.96. The highest BCUT2D eigenvalue weighted by Gasteiger charge is 2.24. The summed E-state index contributed by atoms with van der Waals surface area (Å²) in [7, 11) is 0. The molecule has 1 saturated heterocycles. The highest BCUT2D eigenvalue weighted by molar-refractivity contribution is 8.18. The lowest BCUT2D eigenvalue weighted by molar-refractivity contribution is -0.115. The third-order valence-corrected chi connectivity index (χ3v) is 4.47. The van der Waals surface area contributed by atoms with Gasteiger partial charge >= 0.3 is 5.97 Å². The van der Waals surface area contributed by atoms with E-state index in [2.05, 4.69) is 10.3 Å². The van der Waals surface area contributed by atoms with Crippen LogP contribution in [0.4, 0.5) is 5.69 Å². The number of hydrogen-bond acceptors (Lipinski definition) is 5. The van der Waals surface area contributed by atoms with Gasteiger partial charge in [-0.25, -0.2) is 9.79 Å². The predicted octanol–water partition coefficient (Wildman–Crippen LogP) is 4.06. The van der Waals surface area contributed by atoms with E-state index in [1.807, 2.05) is 38.1 Å². The highest BCUT2D eigenvalue weighted by atomic mass is 32.2. The van der Waals surface area contributed by atoms with Gasteiger partial charge in [-0.2, -0.15) is 0 Å². The van der Waals surface area contributed by atoms with Crippen LogP contribution in [0, 0.1) is 0 Å². The second kappa shape index (κ2) is 8.09. The normalized spacial score (nSPS) is 16.8. The summed E-state index contributed by atoms with van der Waals surface area (Å²) < 4.78 is 5.78. The number of carbonyl (C=O) groups excluding carboxylic acids is 1. The Kier molecular flexibility index (Phi) is 5.61. The molecule has 7 heteroatoms. The first-order chi connectivity index (χ1) is 12.9. The number of nitrogens with zero attached hydrogens (tertiary/aromatic N) is 1. The van der Waals surface area contributed by atoms with Crippen molar-refractivity contribution in [3.8, 4) is 5.75 Å². The number of thioether (sulfide) groups is 1. The van der Waals surface area contributed by atoms with E-state index in [1.54, 1.807) is 18.2 Å². The van der Waals surface area contributed by atoms with Crippen LogP contribution in [0.15, 0.2) is 58.4 Å². The van der Waals surface area contributed by atoms with E-state index >= 15 is 0 Å². The number of nitrogens with one attached hydrogen (secondary N) is 1. The molecule has 0 spiro atoms. The number of benzene rings is 2. The zero-order chi connectivity index (χ0) is 19.4. The van der Waals surface area contributed by atoms with Crippen LogP contribution in [0.3, 0.4) is 0 Å². The Morgan fingerprint density at radius 1 is 1.19 bits per heavy atom. The summed E-state index contributed by atoms with van der Waals surface area (Å²) in [5, 5.41) is 12.1. The summed E-state index contributed by atoms with van der Waals surface area (Å²) in [4.78, 5) is 28.0. The van der Waals surface area contributed by atoms with E-state index in [-0.39, 0.29) is 17.6 Å². The molecule has 0 bridgehead atoms. The summed E-state index contributed by atoms with van der Waals surface area (Å²) in [5.41, 5.74) is 1.56. The van der Waals surface area contributed by atoms with Crippen molar-refractivity contribution in [2.24, 2.45) is 4.99 Å². The van der Waals surface area contributed by atoms with Crippen LogP contribution in [0.2, 0.25) is 0 Å². The number of hydrogen-bond donors (Lipinski definition) is 2. The van der Waals surface area contributed by atoms with Gasteiger partial charge in [0.1, 0.15) is 5.75 Å². The molecule has 0 saturated carbocycles. The maximum atomic E-state index is 12.3. The second-order valence-electron chi connectivity index (χ2n) is 6.04. The number of aromatic carboxylic acids is 1. The summed E-state index contributed by atoms with van der Waals surface area (Å²) in [6, 6.07) is 13.7. The first-order valence-electron chi connectivity index (χ1n) is 8.31. The van der Waals surface area contributed by atoms with Gasteiger partial charge in [-0.3, -0.25) is 4.79 Å². The molecule has 1 fully saturated rings. The van der Waals surface area contributed by atoms with Crippen molar-refractivity contribution in [3.05, 3.63) is 64.6 Å². The van der Waals surface area contributed by atoms with Crippen molar-refractivity contribution in [1.29, 1.82) is 0 Å². The van der Waals surface area contributed by atoms with Crippen molar-refractivity contribution < 1.29 is 19.4 Å². The molecule has 0 aromatic heterocycles. The van der Waals surface area contributed by atoms with Crippen LogP contribution in [0.25, 0.3) is 6.08 Å². The fraction of sp³-hybridized carbons (Fsp3) is 0.150. The predicted molar refractivity (Wildman–Crippen MR) is 106 cm³/mol. The summed E-state index contributed by atoms with van der Waals surface area (Å²) in [6.07, 6.45) is 1.80. The molecule has 3 rings (SSSR count). The minimum absolute atomic E-state index is 0.0282. The molecule has 27 heavy (non-hydrogen) atoms. The lowest BCUT2D eigenvalue weighted by Crippen LogP contribution is -2.19. The number of rotatable bonds is 5. The Balaban J connectivity index is 1.81. The van der Waals surface area contributed by atoms with Crippen LogP contribution in [0.1, 0.15) is 29.8 Å². The zero-order valence-electron chi connectivity index (χ0n) is 14.8. The van der Waals surface area contributed by atoms with Crippen molar-refractivity contribution in [2.45, 2.75) is 20.0 Å². The van der Waals surface area contributed by atoms with Gasteiger partial charge in [0.25, 0.3) is 5.91 Å². The second-order valence-corrected chi connectivity index (χ2v) is 7.07. The largest absolute Gasteiger partial charge is 0.490 e. The molecule has 1 aliphatic heterocycles. The van der Waals surface area contributed by atoms with Gasteiger partial charge in [0.15, 0.2) is 5.17 Å². The SMILES string of the molecule is CC(C)Oc1ccccc1/C=C1/SC(=Nc2ccc(C(=O)O)cc2)NC1=O. The highest BCUT2D eigenvalue weighted by Crippen LogP contribution is 2.31. The number of amides is 1. The van der Waals surface area contributed by atoms with E-state index in [9.17, 15) is 9.59 Å². The number of para-hydroxylation sites is 1. The van der Waals surface area contributed by atoms with Gasteiger partial charge in [-0.1, -0.05) is 18.2 Å². The topological polar surface area (TPSA) is 88.0 Å². The number of carboxylic acids is 1. The minimum Gasteiger partial charge on any atom is -0.490 e. The maximum Gasteiger partial charge on any atom is 0.335 e. The third kappa shape index (κ3) is 4.77. The molecule has 0 unspecified atom stereocenters. The van der Waals surface area contributed by atoms with E-state index in [0.717, 1.165) is 5.56 Å². The maximum absolute atomic E-state index is 12.3. The third-order valence-electron chi connectivity index (χ3n) is 3.56. The van der Waals surface area contributed by atoms with E-state index in [1.165, 1.54) is 23.9 Å². The van der Waals surface area contributed by atoms with E-state index in [4.69, 9.17) is 9.84 Å². The molecule has 6 nitrogen and oxygen atoms in total. The van der Waals surface area contributed by atoms with Crippen molar-refractivity contribution in [1.82, 2.24) is 5.32 Å². The van der Waals surface area contributed by atoms with E-state index in [0.29, 0.717) is 21.5 Å². The van der Waals surface area contributed by atoms with Gasteiger partial charge in [-0.15, -0.1) is 0 Å². The number of aliphatic imine (C=N–C) groups is 1. The standard InChI is InChI=1S/C20H18N2O4S/c1-12(2)26-16-6-4-3-5-14(16)11-17-18(23)22-20(27-17)21-15-9-7-13(8-10-15)19(24)25/h3-12H,1-2H3,(H,24,25)(H,21,22,23)/b17-11+. The van der Waals surface area contributed by atoms with Gasteiger partial charge in [0.2, 0.25) is 0 Å². The molecular formula is C20H18N2O4S. The molecular weight excluding hydrogens is 364 g/mol. The van der Waals surface area contributed by atoms with Gasteiger partial charge < -0.3 is 15.2 Å². The molecule has 2 aromatic rings. The van der Waals surface area contributed by atoms with Crippen LogP contribution in [-0.4, -0.2) is 28.3 Å². The Morgan fingerprint density at radius 3 is 2.56 bits per heavy atom. The van der Waals surface area contributed by atoms with Crippen molar-refractivity contribution >= 4 is 40.6 Å². The molecule has 1 heterocycles. The molecule has 0 atom stereocenters. The smallest absolute Gasteiger partial charge is 0.335 e. The molecule has 0 radical (unpaired) electrons. The summed E-state index contributed by atoms with van der Waals surface area (Å²) in [5.74, 6) is -0.520. The Morgan fingerprint density at radius 2 is 1.89 bits per heavy atom. The van der Waals surface area contributed by atoms with Crippen LogP contribution < -0.4 is 10.1 Å².